The number of aromatic nitrogens is 2. The lowest BCUT2D eigenvalue weighted by Crippen LogP contribution is -2.48. The molecule has 3 rings (SSSR count). The predicted octanol–water partition coefficient (Wildman–Crippen LogP) is 1.71. The van der Waals surface area contributed by atoms with Crippen molar-refractivity contribution in [1.29, 1.82) is 0 Å². The molecule has 1 saturated carbocycles. The third-order valence-electron chi connectivity index (χ3n) is 5.01. The fourth-order valence-electron chi connectivity index (χ4n) is 3.43. The Kier molecular flexibility index (Phi) is 5.67. The highest BCUT2D eigenvalue weighted by molar-refractivity contribution is 5.94. The molecule has 1 aromatic heterocycles. The molecule has 2 aromatic rings. The summed E-state index contributed by atoms with van der Waals surface area (Å²) in [5.41, 5.74) is -0.545. The smallest absolute Gasteiger partial charge is 0.321 e. The zero-order valence-corrected chi connectivity index (χ0v) is 15.4. The number of amides is 3. The van der Waals surface area contributed by atoms with Crippen LogP contribution in [0.5, 0.6) is 0 Å². The molecule has 0 spiro atoms. The second-order valence-electron chi connectivity index (χ2n) is 7.03. The van der Waals surface area contributed by atoms with Crippen molar-refractivity contribution in [1.82, 2.24) is 20.2 Å². The molecular formula is C18H21N5O5. The average Bonchev–Trinajstić information content (AvgIpc) is 2.65. The molecule has 2 N–H and O–H groups in total. The Morgan fingerprint density at radius 2 is 2.07 bits per heavy atom. The van der Waals surface area contributed by atoms with Crippen LogP contribution in [-0.2, 0) is 11.3 Å². The molecule has 3 amide bonds. The number of nitrogens with zero attached hydrogens (tertiary/aromatic N) is 3. The fourth-order valence-corrected chi connectivity index (χ4v) is 3.43. The Morgan fingerprint density at radius 1 is 1.32 bits per heavy atom. The van der Waals surface area contributed by atoms with Crippen LogP contribution >= 0.6 is 0 Å². The Morgan fingerprint density at radius 3 is 2.79 bits per heavy atom. The highest BCUT2D eigenvalue weighted by Crippen LogP contribution is 2.23. The van der Waals surface area contributed by atoms with E-state index in [1.54, 1.807) is 0 Å². The molecular weight excluding hydrogens is 366 g/mol. The lowest BCUT2D eigenvalue weighted by molar-refractivity contribution is -0.384. The average molecular weight is 387 g/mol. The molecule has 0 bridgehead atoms. The van der Waals surface area contributed by atoms with Gasteiger partial charge < -0.3 is 5.32 Å². The number of nitrogens with one attached hydrogen (secondary N) is 2. The first-order chi connectivity index (χ1) is 13.3. The van der Waals surface area contributed by atoms with Gasteiger partial charge in [-0.1, -0.05) is 19.8 Å². The van der Waals surface area contributed by atoms with Crippen LogP contribution in [0.3, 0.4) is 0 Å². The lowest BCUT2D eigenvalue weighted by atomic mass is 9.86. The van der Waals surface area contributed by atoms with Gasteiger partial charge in [0, 0.05) is 18.2 Å². The van der Waals surface area contributed by atoms with Crippen molar-refractivity contribution in [2.24, 2.45) is 5.92 Å². The first-order valence-electron chi connectivity index (χ1n) is 9.09. The minimum atomic E-state index is -0.672. The number of benzene rings is 1. The van der Waals surface area contributed by atoms with E-state index < -0.39 is 29.0 Å². The summed E-state index contributed by atoms with van der Waals surface area (Å²) >= 11 is 0. The molecule has 1 aliphatic carbocycles. The summed E-state index contributed by atoms with van der Waals surface area (Å²) in [6, 6.07) is 3.17. The number of hydrogen-bond donors (Lipinski definition) is 2. The zero-order chi connectivity index (χ0) is 20.3. The molecule has 148 valence electrons. The zero-order valence-electron chi connectivity index (χ0n) is 15.4. The molecule has 0 aliphatic heterocycles. The number of fused-ring (bicyclic) bond motifs is 1. The Bertz CT molecular complexity index is 986. The number of urea groups is 1. The van der Waals surface area contributed by atoms with Crippen LogP contribution in [0.25, 0.3) is 10.9 Å². The van der Waals surface area contributed by atoms with E-state index >= 15 is 0 Å². The number of carbonyl (C=O) groups is 2. The van der Waals surface area contributed by atoms with E-state index in [2.05, 4.69) is 22.5 Å². The van der Waals surface area contributed by atoms with Crippen LogP contribution in [0, 0.1) is 16.0 Å². The molecule has 10 heteroatoms. The minimum absolute atomic E-state index is 0.0205. The maximum atomic E-state index is 12.5. The van der Waals surface area contributed by atoms with Gasteiger partial charge >= 0.3 is 6.03 Å². The molecule has 1 fully saturated rings. The highest BCUT2D eigenvalue weighted by atomic mass is 16.6. The summed E-state index contributed by atoms with van der Waals surface area (Å²) in [6.07, 6.45) is 5.25. The van der Waals surface area contributed by atoms with Crippen molar-refractivity contribution < 1.29 is 14.5 Å². The SMILES string of the molecule is CC1CCCCC1NC(=O)NC(=O)Cn1cnc2ccc([N+](=O)[O-])cc2c1=O. The van der Waals surface area contributed by atoms with Crippen LogP contribution in [0.4, 0.5) is 10.5 Å². The van der Waals surface area contributed by atoms with E-state index in [1.807, 2.05) is 0 Å². The second kappa shape index (κ2) is 8.15. The van der Waals surface area contributed by atoms with Gasteiger partial charge in [-0.25, -0.2) is 9.78 Å². The number of nitro benzene ring substituents is 1. The molecule has 1 heterocycles. The maximum absolute atomic E-state index is 12.5. The molecule has 10 nitrogen and oxygen atoms in total. The van der Waals surface area contributed by atoms with E-state index in [-0.39, 0.29) is 22.6 Å². The van der Waals surface area contributed by atoms with Gasteiger partial charge in [0.25, 0.3) is 11.2 Å². The second-order valence-corrected chi connectivity index (χ2v) is 7.03. The van der Waals surface area contributed by atoms with Gasteiger partial charge in [0.15, 0.2) is 0 Å². The van der Waals surface area contributed by atoms with E-state index in [0.717, 1.165) is 36.3 Å². The van der Waals surface area contributed by atoms with Crippen LogP contribution in [0.1, 0.15) is 32.6 Å². The summed E-state index contributed by atoms with van der Waals surface area (Å²) in [5, 5.41) is 15.9. The van der Waals surface area contributed by atoms with Crippen LogP contribution < -0.4 is 16.2 Å². The standard InChI is InChI=1S/C18H21N5O5/c1-11-4-2-3-5-14(11)20-18(26)21-16(24)9-22-10-19-15-7-6-12(23(27)28)8-13(15)17(22)25/h6-8,10-11,14H,2-5,9H2,1H3,(H2,20,21,24,26). The van der Waals surface area contributed by atoms with Gasteiger partial charge in [-0.15, -0.1) is 0 Å². The van der Waals surface area contributed by atoms with Gasteiger partial charge in [-0.05, 0) is 24.8 Å². The maximum Gasteiger partial charge on any atom is 0.321 e. The first kappa shape index (κ1) is 19.5. The van der Waals surface area contributed by atoms with Gasteiger partial charge in [-0.3, -0.25) is 29.6 Å². The topological polar surface area (TPSA) is 136 Å². The molecule has 1 aliphatic rings. The molecule has 0 saturated heterocycles. The molecule has 28 heavy (non-hydrogen) atoms. The molecule has 2 unspecified atom stereocenters. The van der Waals surface area contributed by atoms with E-state index in [1.165, 1.54) is 18.5 Å². The number of hydrogen-bond acceptors (Lipinski definition) is 6. The van der Waals surface area contributed by atoms with Crippen LogP contribution in [0.15, 0.2) is 29.3 Å². The number of carbonyl (C=O) groups excluding carboxylic acids is 2. The minimum Gasteiger partial charge on any atom is -0.335 e. The van der Waals surface area contributed by atoms with Gasteiger partial charge in [-0.2, -0.15) is 0 Å². The summed E-state index contributed by atoms with van der Waals surface area (Å²) in [6.45, 7) is 1.64. The van der Waals surface area contributed by atoms with Crippen molar-refractivity contribution >= 4 is 28.5 Å². The highest BCUT2D eigenvalue weighted by Gasteiger charge is 2.23. The largest absolute Gasteiger partial charge is 0.335 e. The molecule has 2 atom stereocenters. The van der Waals surface area contributed by atoms with Crippen LogP contribution in [-0.4, -0.2) is 32.5 Å². The Hall–Kier alpha value is -3.30. The van der Waals surface area contributed by atoms with Crippen molar-refractivity contribution in [2.75, 3.05) is 0 Å². The summed E-state index contributed by atoms with van der Waals surface area (Å²) in [7, 11) is 0. The van der Waals surface area contributed by atoms with E-state index in [4.69, 9.17) is 0 Å². The van der Waals surface area contributed by atoms with Crippen molar-refractivity contribution in [2.45, 2.75) is 45.2 Å². The predicted molar refractivity (Wildman–Crippen MR) is 101 cm³/mol. The normalized spacial score (nSPS) is 19.2. The van der Waals surface area contributed by atoms with Crippen molar-refractivity contribution in [3.8, 4) is 0 Å². The van der Waals surface area contributed by atoms with Crippen molar-refractivity contribution in [3.05, 3.63) is 45.0 Å². The summed E-state index contributed by atoms with van der Waals surface area (Å²) < 4.78 is 1.01. The van der Waals surface area contributed by atoms with Gasteiger partial charge in [0.05, 0.1) is 22.2 Å². The molecule has 1 aromatic carbocycles. The van der Waals surface area contributed by atoms with Crippen molar-refractivity contribution in [3.63, 3.8) is 0 Å². The summed E-state index contributed by atoms with van der Waals surface area (Å²) in [5.74, 6) is -0.327. The number of non-ortho nitro benzene ring substituents is 1. The van der Waals surface area contributed by atoms with Crippen LogP contribution in [0.2, 0.25) is 0 Å². The number of rotatable bonds is 4. The fraction of sp³-hybridized carbons (Fsp3) is 0.444. The monoisotopic (exact) mass is 387 g/mol. The quantitative estimate of drug-likeness (QED) is 0.605. The van der Waals surface area contributed by atoms with Gasteiger partial charge in [0.1, 0.15) is 6.54 Å². The third-order valence-corrected chi connectivity index (χ3v) is 5.01. The number of imide groups is 1. The summed E-state index contributed by atoms with van der Waals surface area (Å²) in [4.78, 5) is 51.0. The van der Waals surface area contributed by atoms with E-state index in [0.29, 0.717) is 5.92 Å². The Balaban J connectivity index is 1.68. The van der Waals surface area contributed by atoms with E-state index in [9.17, 15) is 24.5 Å². The van der Waals surface area contributed by atoms with Gasteiger partial charge in [0.2, 0.25) is 5.91 Å². The third kappa shape index (κ3) is 4.33. The lowest BCUT2D eigenvalue weighted by Gasteiger charge is -2.29. The molecule has 0 radical (unpaired) electrons. The first-order valence-corrected chi connectivity index (χ1v) is 9.09. The number of nitro groups is 1. The Labute approximate surface area is 160 Å².